The summed E-state index contributed by atoms with van der Waals surface area (Å²) in [6.45, 7) is 0.371. The number of thiophene rings is 1. The molecule has 4 rings (SSSR count). The van der Waals surface area contributed by atoms with E-state index in [0.717, 1.165) is 22.0 Å². The molecule has 1 aliphatic rings. The van der Waals surface area contributed by atoms with Gasteiger partial charge in [-0.05, 0) is 23.8 Å². The quantitative estimate of drug-likeness (QED) is 0.729. The molecule has 4 heterocycles. The highest BCUT2D eigenvalue weighted by Gasteiger charge is 2.29. The molecule has 0 aliphatic carbocycles. The zero-order valence-corrected chi connectivity index (χ0v) is 15.1. The normalized spacial score (nSPS) is 16.2. The van der Waals surface area contributed by atoms with E-state index in [0.29, 0.717) is 17.3 Å². The highest BCUT2D eigenvalue weighted by molar-refractivity contribution is 7.18. The molecular weight excluding hydrogens is 374 g/mol. The molecule has 0 saturated heterocycles. The Bertz CT molecular complexity index is 936. The fourth-order valence-corrected chi connectivity index (χ4v) is 3.54. The highest BCUT2D eigenvalue weighted by Crippen LogP contribution is 2.26. The van der Waals surface area contributed by atoms with Gasteiger partial charge in [0.15, 0.2) is 0 Å². The molecule has 132 valence electrons. The first-order valence-electron chi connectivity index (χ1n) is 7.88. The van der Waals surface area contributed by atoms with Crippen LogP contribution in [0.3, 0.4) is 0 Å². The molecule has 1 amide bonds. The second kappa shape index (κ2) is 7.27. The van der Waals surface area contributed by atoms with Gasteiger partial charge in [-0.25, -0.2) is 9.97 Å². The Kier molecular flexibility index (Phi) is 4.68. The van der Waals surface area contributed by atoms with E-state index in [1.165, 1.54) is 11.3 Å². The van der Waals surface area contributed by atoms with Crippen molar-refractivity contribution in [2.24, 2.45) is 5.16 Å². The van der Waals surface area contributed by atoms with Crippen molar-refractivity contribution in [1.82, 2.24) is 19.9 Å². The van der Waals surface area contributed by atoms with E-state index in [1.807, 2.05) is 29.0 Å². The number of hydrogen-bond acceptors (Lipinski definition) is 6. The second-order valence-electron chi connectivity index (χ2n) is 5.65. The maximum atomic E-state index is 12.3. The van der Waals surface area contributed by atoms with Crippen molar-refractivity contribution in [2.75, 3.05) is 0 Å². The van der Waals surface area contributed by atoms with E-state index in [-0.39, 0.29) is 5.91 Å². The van der Waals surface area contributed by atoms with Crippen molar-refractivity contribution in [3.8, 4) is 5.82 Å². The lowest BCUT2D eigenvalue weighted by atomic mass is 10.1. The van der Waals surface area contributed by atoms with Gasteiger partial charge in [-0.2, -0.15) is 0 Å². The zero-order chi connectivity index (χ0) is 17.9. The van der Waals surface area contributed by atoms with Crippen molar-refractivity contribution in [2.45, 2.75) is 19.1 Å². The van der Waals surface area contributed by atoms with Gasteiger partial charge in [0.05, 0.1) is 9.21 Å². The number of rotatable bonds is 5. The molecule has 0 radical (unpaired) electrons. The van der Waals surface area contributed by atoms with Gasteiger partial charge in [-0.1, -0.05) is 22.8 Å². The number of halogens is 1. The first kappa shape index (κ1) is 16.7. The molecule has 9 heteroatoms. The lowest BCUT2D eigenvalue weighted by Gasteiger charge is -2.09. The van der Waals surface area contributed by atoms with E-state index < -0.39 is 6.10 Å². The number of amides is 1. The van der Waals surface area contributed by atoms with E-state index in [9.17, 15) is 4.79 Å². The fourth-order valence-electron chi connectivity index (χ4n) is 2.50. The van der Waals surface area contributed by atoms with Gasteiger partial charge in [0.2, 0.25) is 6.10 Å². The Morgan fingerprint density at radius 1 is 1.38 bits per heavy atom. The van der Waals surface area contributed by atoms with Crippen LogP contribution in [-0.4, -0.2) is 32.3 Å². The molecule has 1 aliphatic heterocycles. The Morgan fingerprint density at radius 3 is 3.00 bits per heavy atom. The number of carbonyl (C=O) groups excluding carboxylic acids is 1. The summed E-state index contributed by atoms with van der Waals surface area (Å²) in [5.41, 5.74) is 1.64. The number of nitrogens with zero attached hydrogens (tertiary/aromatic N) is 4. The summed E-state index contributed by atoms with van der Waals surface area (Å²) in [5.74, 6) is 0.564. The van der Waals surface area contributed by atoms with Crippen molar-refractivity contribution < 1.29 is 9.63 Å². The molecule has 1 unspecified atom stereocenters. The van der Waals surface area contributed by atoms with Crippen LogP contribution in [0.25, 0.3) is 5.82 Å². The maximum Gasteiger partial charge on any atom is 0.264 e. The number of hydrogen-bond donors (Lipinski definition) is 1. The molecule has 0 saturated carbocycles. The van der Waals surface area contributed by atoms with Crippen LogP contribution >= 0.6 is 22.9 Å². The van der Waals surface area contributed by atoms with Gasteiger partial charge in [-0.3, -0.25) is 9.36 Å². The highest BCUT2D eigenvalue weighted by atomic mass is 35.5. The number of pyridine rings is 1. The van der Waals surface area contributed by atoms with Crippen LogP contribution in [0.1, 0.15) is 16.9 Å². The maximum absolute atomic E-state index is 12.3. The van der Waals surface area contributed by atoms with Gasteiger partial charge in [0, 0.05) is 31.6 Å². The lowest BCUT2D eigenvalue weighted by Crippen LogP contribution is -2.34. The first-order valence-corrected chi connectivity index (χ1v) is 9.08. The summed E-state index contributed by atoms with van der Waals surface area (Å²) in [6.07, 6.45) is 6.72. The molecule has 0 aromatic carbocycles. The minimum absolute atomic E-state index is 0.204. The van der Waals surface area contributed by atoms with Crippen LogP contribution in [0.2, 0.25) is 4.34 Å². The minimum atomic E-state index is -0.621. The average molecular weight is 388 g/mol. The summed E-state index contributed by atoms with van der Waals surface area (Å²) >= 11 is 7.35. The second-order valence-corrected chi connectivity index (χ2v) is 7.37. The summed E-state index contributed by atoms with van der Waals surface area (Å²) in [5, 5.41) is 6.86. The molecule has 1 N–H and O–H groups in total. The summed E-state index contributed by atoms with van der Waals surface area (Å²) in [6, 6.07) is 7.46. The van der Waals surface area contributed by atoms with Gasteiger partial charge < -0.3 is 10.2 Å². The van der Waals surface area contributed by atoms with Crippen LogP contribution in [0.15, 0.2) is 54.3 Å². The Hall–Kier alpha value is -2.71. The Morgan fingerprint density at radius 2 is 2.31 bits per heavy atom. The van der Waals surface area contributed by atoms with Crippen LogP contribution in [0.5, 0.6) is 0 Å². The van der Waals surface area contributed by atoms with E-state index in [1.54, 1.807) is 24.8 Å². The predicted octanol–water partition coefficient (Wildman–Crippen LogP) is 2.79. The summed E-state index contributed by atoms with van der Waals surface area (Å²) < 4.78 is 2.49. The van der Waals surface area contributed by atoms with E-state index >= 15 is 0 Å². The third-order valence-electron chi connectivity index (χ3n) is 3.86. The Balaban J connectivity index is 1.30. The monoisotopic (exact) mass is 387 g/mol. The molecule has 0 bridgehead atoms. The average Bonchev–Trinajstić information content (AvgIpc) is 3.41. The van der Waals surface area contributed by atoms with Crippen LogP contribution in [0.4, 0.5) is 0 Å². The molecule has 1 atom stereocenters. The van der Waals surface area contributed by atoms with Crippen molar-refractivity contribution in [3.63, 3.8) is 0 Å². The largest absolute Gasteiger partial charge is 0.382 e. The molecule has 7 nitrogen and oxygen atoms in total. The number of aromatic nitrogens is 3. The third kappa shape index (κ3) is 3.61. The summed E-state index contributed by atoms with van der Waals surface area (Å²) in [4.78, 5) is 26.8. The molecular formula is C17H14ClN5O2S. The number of carbonyl (C=O) groups is 1. The number of oxime groups is 1. The van der Waals surface area contributed by atoms with Gasteiger partial charge in [0.25, 0.3) is 5.91 Å². The van der Waals surface area contributed by atoms with Crippen molar-refractivity contribution >= 4 is 34.6 Å². The van der Waals surface area contributed by atoms with Gasteiger partial charge >= 0.3 is 0 Å². The number of imidazole rings is 1. The smallest absolute Gasteiger partial charge is 0.264 e. The molecule has 0 spiro atoms. The summed E-state index contributed by atoms with van der Waals surface area (Å²) in [7, 11) is 0. The van der Waals surface area contributed by atoms with E-state index in [2.05, 4.69) is 20.4 Å². The third-order valence-corrected chi connectivity index (χ3v) is 5.14. The van der Waals surface area contributed by atoms with Crippen LogP contribution in [0, 0.1) is 0 Å². The number of nitrogens with one attached hydrogen (secondary N) is 1. The van der Waals surface area contributed by atoms with Crippen molar-refractivity contribution in [1.29, 1.82) is 0 Å². The zero-order valence-electron chi connectivity index (χ0n) is 13.5. The van der Waals surface area contributed by atoms with E-state index in [4.69, 9.17) is 16.4 Å². The van der Waals surface area contributed by atoms with Gasteiger partial charge in [-0.15, -0.1) is 11.3 Å². The van der Waals surface area contributed by atoms with Crippen LogP contribution < -0.4 is 5.32 Å². The lowest BCUT2D eigenvalue weighted by molar-refractivity contribution is -0.131. The fraction of sp³-hybridized carbons (Fsp3) is 0.176. The molecule has 3 aromatic heterocycles. The molecule has 3 aromatic rings. The van der Waals surface area contributed by atoms with Crippen LogP contribution in [-0.2, 0) is 16.2 Å². The molecule has 26 heavy (non-hydrogen) atoms. The Labute approximate surface area is 158 Å². The first-order chi connectivity index (χ1) is 12.7. The predicted molar refractivity (Wildman–Crippen MR) is 98.6 cm³/mol. The van der Waals surface area contributed by atoms with Gasteiger partial charge in [0.1, 0.15) is 17.9 Å². The topological polar surface area (TPSA) is 81.4 Å². The molecule has 0 fully saturated rings. The van der Waals surface area contributed by atoms with Crippen molar-refractivity contribution in [3.05, 3.63) is 64.0 Å². The standard InChI is InChI=1S/C17H14ClN5O2S/c18-15-3-2-14(26-15)12-7-13(25-22-12)17(24)21-9-11-1-4-16(20-8-11)23-6-5-19-10-23/h1-6,8,10,13H,7,9H2,(H,21,24). The SMILES string of the molecule is O=C(NCc1ccc(-n2ccnc2)nc1)C1CC(c2ccc(Cl)s2)=NO1. The minimum Gasteiger partial charge on any atom is -0.382 e.